The predicted octanol–water partition coefficient (Wildman–Crippen LogP) is 18.7. The van der Waals surface area contributed by atoms with Gasteiger partial charge in [-0.1, -0.05) is 196 Å². The van der Waals surface area contributed by atoms with E-state index in [2.05, 4.69) is 289 Å². The highest BCUT2D eigenvalue weighted by Gasteiger charge is 2.36. The molecular formula is C69H49N3. The zero-order chi connectivity index (χ0) is 47.9. The number of hydrogen-bond acceptors (Lipinski definition) is 1. The van der Waals surface area contributed by atoms with Gasteiger partial charge in [-0.2, -0.15) is 0 Å². The number of rotatable bonds is 8. The average molecular weight is 920 g/mol. The Bertz CT molecular complexity index is 4200. The third-order valence-corrected chi connectivity index (χ3v) is 15.3. The van der Waals surface area contributed by atoms with E-state index >= 15 is 0 Å². The number of para-hydroxylation sites is 3. The molecule has 0 amide bonds. The minimum absolute atomic E-state index is 0.150. The Balaban J connectivity index is 0.983. The maximum atomic E-state index is 2.49. The monoisotopic (exact) mass is 919 g/mol. The molecule has 0 unspecified atom stereocenters. The Hall–Kier alpha value is -9.18. The molecule has 13 aromatic rings. The summed E-state index contributed by atoms with van der Waals surface area (Å²) in [6.45, 7) is 4.73. The van der Waals surface area contributed by atoms with Crippen molar-refractivity contribution in [3.05, 3.63) is 272 Å². The van der Waals surface area contributed by atoms with E-state index in [0.29, 0.717) is 0 Å². The van der Waals surface area contributed by atoms with Crippen LogP contribution in [0.1, 0.15) is 25.0 Å². The van der Waals surface area contributed by atoms with Gasteiger partial charge in [0.05, 0.1) is 22.2 Å². The summed E-state index contributed by atoms with van der Waals surface area (Å²) in [5.41, 5.74) is 21.5. The Morgan fingerprint density at radius 1 is 0.319 bits per heavy atom. The second-order valence-electron chi connectivity index (χ2n) is 19.7. The lowest BCUT2D eigenvalue weighted by Gasteiger charge is -2.28. The summed E-state index contributed by atoms with van der Waals surface area (Å²) in [4.78, 5) is 2.46. The molecule has 0 aliphatic heterocycles. The average Bonchev–Trinajstić information content (AvgIpc) is 4.05. The lowest BCUT2D eigenvalue weighted by atomic mass is 9.82. The standard InChI is InChI=1S/C69H49N3/c1-69(2)62-33-19-17-30-55(62)56-41-39-53(44-63(56)69)70(52-40-42-65-60(43-52)57-31-18-20-34-64(57)71(65)49-25-11-5-12-26-49)51-37-35-46(36-38-51)59-45-61-66(47-21-7-3-8-22-47)67(48-23-9-4-10-24-48)72(50-27-13-6-14-28-50)68(61)58-32-16-15-29-54(58)59/h3-45H,1-2H3. The minimum atomic E-state index is -0.150. The van der Waals surface area contributed by atoms with E-state index < -0.39 is 0 Å². The molecule has 72 heavy (non-hydrogen) atoms. The summed E-state index contributed by atoms with van der Waals surface area (Å²) in [5, 5.41) is 6.09. The number of aromatic nitrogens is 2. The Labute approximate surface area is 419 Å². The van der Waals surface area contributed by atoms with Gasteiger partial charge in [-0.25, -0.2) is 0 Å². The summed E-state index contributed by atoms with van der Waals surface area (Å²) in [5.74, 6) is 0. The second-order valence-corrected chi connectivity index (χ2v) is 19.7. The van der Waals surface area contributed by atoms with Gasteiger partial charge in [0.15, 0.2) is 0 Å². The molecule has 2 aromatic heterocycles. The van der Waals surface area contributed by atoms with Gasteiger partial charge < -0.3 is 14.0 Å². The molecule has 0 saturated carbocycles. The molecule has 0 bridgehead atoms. The van der Waals surface area contributed by atoms with Crippen molar-refractivity contribution >= 4 is 60.5 Å². The lowest BCUT2D eigenvalue weighted by Crippen LogP contribution is -2.16. The number of nitrogens with zero attached hydrogens (tertiary/aromatic N) is 3. The van der Waals surface area contributed by atoms with Crippen molar-refractivity contribution in [1.29, 1.82) is 0 Å². The molecule has 1 aliphatic rings. The Kier molecular flexibility index (Phi) is 9.56. The Morgan fingerprint density at radius 2 is 0.847 bits per heavy atom. The highest BCUT2D eigenvalue weighted by molar-refractivity contribution is 6.20. The third kappa shape index (κ3) is 6.44. The van der Waals surface area contributed by atoms with Crippen LogP contribution in [0.4, 0.5) is 17.1 Å². The van der Waals surface area contributed by atoms with E-state index in [4.69, 9.17) is 0 Å². The van der Waals surface area contributed by atoms with Gasteiger partial charge in [-0.15, -0.1) is 0 Å². The van der Waals surface area contributed by atoms with Crippen molar-refractivity contribution in [1.82, 2.24) is 9.13 Å². The fourth-order valence-electron chi connectivity index (χ4n) is 12.0. The van der Waals surface area contributed by atoms with E-state index in [1.807, 2.05) is 0 Å². The zero-order valence-electron chi connectivity index (χ0n) is 40.2. The summed E-state index contributed by atoms with van der Waals surface area (Å²) < 4.78 is 4.88. The predicted molar refractivity (Wildman–Crippen MR) is 304 cm³/mol. The van der Waals surface area contributed by atoms with E-state index in [9.17, 15) is 0 Å². The summed E-state index contributed by atoms with van der Waals surface area (Å²) in [6.07, 6.45) is 0. The lowest BCUT2D eigenvalue weighted by molar-refractivity contribution is 0.660. The maximum Gasteiger partial charge on any atom is 0.0620 e. The van der Waals surface area contributed by atoms with Gasteiger partial charge >= 0.3 is 0 Å². The van der Waals surface area contributed by atoms with Crippen LogP contribution in [0.25, 0.3) is 99.5 Å². The summed E-state index contributed by atoms with van der Waals surface area (Å²) in [7, 11) is 0. The normalized spacial score (nSPS) is 12.7. The number of benzene rings is 11. The SMILES string of the molecule is CC1(C)c2ccccc2-c2ccc(N(c3ccc(-c4cc5c(-c6ccccc6)c(-c6ccccc6)n(-c6ccccc6)c5c5ccccc45)cc3)c3ccc4c(c3)c3ccccc3n4-c3ccccc3)cc21. The quantitative estimate of drug-likeness (QED) is 0.148. The first kappa shape index (κ1) is 41.8. The summed E-state index contributed by atoms with van der Waals surface area (Å²) in [6, 6.07) is 95.9. The molecule has 0 radical (unpaired) electrons. The molecule has 14 rings (SSSR count). The molecule has 0 saturated heterocycles. The molecule has 3 nitrogen and oxygen atoms in total. The highest BCUT2D eigenvalue weighted by Crippen LogP contribution is 2.52. The molecule has 0 fully saturated rings. The Morgan fingerprint density at radius 3 is 1.57 bits per heavy atom. The van der Waals surface area contributed by atoms with Crippen molar-refractivity contribution < 1.29 is 0 Å². The number of anilines is 3. The summed E-state index contributed by atoms with van der Waals surface area (Å²) >= 11 is 0. The van der Waals surface area contributed by atoms with Crippen molar-refractivity contribution in [2.75, 3.05) is 4.90 Å². The van der Waals surface area contributed by atoms with Gasteiger partial charge in [0.2, 0.25) is 0 Å². The van der Waals surface area contributed by atoms with Gasteiger partial charge in [-0.3, -0.25) is 0 Å². The molecule has 3 heteroatoms. The van der Waals surface area contributed by atoms with Crippen LogP contribution in [0, 0.1) is 0 Å². The smallest absolute Gasteiger partial charge is 0.0620 e. The highest BCUT2D eigenvalue weighted by atomic mass is 15.1. The fourth-order valence-corrected chi connectivity index (χ4v) is 12.0. The molecule has 2 heterocycles. The number of fused-ring (bicyclic) bond motifs is 9. The van der Waals surface area contributed by atoms with Crippen LogP contribution in [-0.4, -0.2) is 9.13 Å². The van der Waals surface area contributed by atoms with Crippen LogP contribution in [0.2, 0.25) is 0 Å². The third-order valence-electron chi connectivity index (χ3n) is 15.3. The van der Waals surface area contributed by atoms with Crippen molar-refractivity contribution in [3.63, 3.8) is 0 Å². The van der Waals surface area contributed by atoms with Crippen LogP contribution in [0.15, 0.2) is 261 Å². The molecule has 0 spiro atoms. The van der Waals surface area contributed by atoms with Gasteiger partial charge in [0, 0.05) is 61.0 Å². The molecule has 340 valence electrons. The molecule has 11 aromatic carbocycles. The van der Waals surface area contributed by atoms with Crippen LogP contribution in [0.5, 0.6) is 0 Å². The fraction of sp³-hybridized carbons (Fsp3) is 0.0435. The zero-order valence-corrected chi connectivity index (χ0v) is 40.2. The largest absolute Gasteiger partial charge is 0.310 e. The van der Waals surface area contributed by atoms with Crippen molar-refractivity contribution in [2.45, 2.75) is 19.3 Å². The maximum absolute atomic E-state index is 2.49. The van der Waals surface area contributed by atoms with Gasteiger partial charge in [-0.05, 0) is 129 Å². The first-order valence-corrected chi connectivity index (χ1v) is 25.0. The van der Waals surface area contributed by atoms with Crippen molar-refractivity contribution in [3.8, 4) is 56.0 Å². The van der Waals surface area contributed by atoms with E-state index in [1.165, 1.54) is 93.7 Å². The van der Waals surface area contributed by atoms with Crippen molar-refractivity contribution in [2.24, 2.45) is 0 Å². The molecule has 0 atom stereocenters. The van der Waals surface area contributed by atoms with Crippen LogP contribution >= 0.6 is 0 Å². The van der Waals surface area contributed by atoms with Crippen LogP contribution < -0.4 is 4.90 Å². The van der Waals surface area contributed by atoms with Gasteiger partial charge in [0.1, 0.15) is 0 Å². The molecular weight excluding hydrogens is 871 g/mol. The topological polar surface area (TPSA) is 13.1 Å². The van der Waals surface area contributed by atoms with E-state index in [0.717, 1.165) is 34.0 Å². The first-order chi connectivity index (χ1) is 35.5. The van der Waals surface area contributed by atoms with Gasteiger partial charge in [0.25, 0.3) is 0 Å². The minimum Gasteiger partial charge on any atom is -0.310 e. The van der Waals surface area contributed by atoms with E-state index in [-0.39, 0.29) is 5.41 Å². The van der Waals surface area contributed by atoms with Crippen LogP contribution in [0.3, 0.4) is 0 Å². The van der Waals surface area contributed by atoms with Crippen LogP contribution in [-0.2, 0) is 5.41 Å². The molecule has 0 N–H and O–H groups in total. The first-order valence-electron chi connectivity index (χ1n) is 25.0. The molecule has 1 aliphatic carbocycles. The number of hydrogen-bond donors (Lipinski definition) is 0. The second kappa shape index (κ2) is 16.5. The van der Waals surface area contributed by atoms with E-state index in [1.54, 1.807) is 0 Å².